The second-order valence-electron chi connectivity index (χ2n) is 4.61. The second kappa shape index (κ2) is 5.51. The van der Waals surface area contributed by atoms with E-state index >= 15 is 0 Å². The maximum absolute atomic E-state index is 6.06. The van der Waals surface area contributed by atoms with E-state index in [2.05, 4.69) is 6.92 Å². The van der Waals surface area contributed by atoms with Gasteiger partial charge in [-0.15, -0.1) is 0 Å². The first-order valence-electron chi connectivity index (χ1n) is 6.21. The summed E-state index contributed by atoms with van der Waals surface area (Å²) in [6.07, 6.45) is 6.39. The van der Waals surface area contributed by atoms with Gasteiger partial charge >= 0.3 is 0 Å². The first-order chi connectivity index (χ1) is 7.81. The molecule has 0 aliphatic heterocycles. The van der Waals surface area contributed by atoms with Gasteiger partial charge in [0.15, 0.2) is 0 Å². The van der Waals surface area contributed by atoms with E-state index in [9.17, 15) is 0 Å². The number of hydrogen-bond acceptors (Lipinski definition) is 3. The van der Waals surface area contributed by atoms with Crippen molar-refractivity contribution in [2.45, 2.75) is 44.8 Å². The van der Waals surface area contributed by atoms with Crippen LogP contribution in [0.25, 0.3) is 0 Å². The van der Waals surface area contributed by atoms with Gasteiger partial charge in [0, 0.05) is 12.6 Å². The summed E-state index contributed by atoms with van der Waals surface area (Å²) >= 11 is 0. The smallest absolute Gasteiger partial charge is 0.134 e. The van der Waals surface area contributed by atoms with E-state index in [4.69, 9.17) is 14.9 Å². The van der Waals surface area contributed by atoms with Gasteiger partial charge in [0.1, 0.15) is 11.9 Å². The summed E-state index contributed by atoms with van der Waals surface area (Å²) in [5.74, 6) is 1.75. The minimum atomic E-state index is -0.0845. The zero-order valence-corrected chi connectivity index (χ0v) is 9.89. The predicted molar refractivity (Wildman–Crippen MR) is 63.0 cm³/mol. The van der Waals surface area contributed by atoms with Crippen molar-refractivity contribution in [1.29, 1.82) is 0 Å². The fraction of sp³-hybridized carbons (Fsp3) is 0.692. The normalized spacial score (nSPS) is 19.6. The Labute approximate surface area is 97.0 Å². The Morgan fingerprint density at radius 3 is 2.94 bits per heavy atom. The molecule has 0 amide bonds. The summed E-state index contributed by atoms with van der Waals surface area (Å²) in [4.78, 5) is 0. The molecule has 0 saturated heterocycles. The molecule has 1 saturated carbocycles. The van der Waals surface area contributed by atoms with Gasteiger partial charge in [0.25, 0.3) is 0 Å². The molecule has 3 nitrogen and oxygen atoms in total. The van der Waals surface area contributed by atoms with Crippen molar-refractivity contribution in [3.05, 3.63) is 24.2 Å². The quantitative estimate of drug-likeness (QED) is 0.773. The maximum Gasteiger partial charge on any atom is 0.134 e. The number of nitrogens with two attached hydrogens (primary N) is 1. The molecule has 16 heavy (non-hydrogen) atoms. The molecule has 0 spiro atoms. The lowest BCUT2D eigenvalue weighted by Gasteiger charge is -2.21. The average molecular weight is 223 g/mol. The molecular weight excluding hydrogens is 202 g/mol. The zero-order chi connectivity index (χ0) is 11.4. The zero-order valence-electron chi connectivity index (χ0n) is 9.89. The highest BCUT2D eigenvalue weighted by Gasteiger charge is 2.24. The number of furan rings is 1. The van der Waals surface area contributed by atoms with Crippen LogP contribution in [0.2, 0.25) is 0 Å². The molecule has 1 aromatic rings. The fourth-order valence-corrected chi connectivity index (χ4v) is 1.85. The van der Waals surface area contributed by atoms with Crippen LogP contribution in [0.5, 0.6) is 0 Å². The number of hydrogen-bond donors (Lipinski definition) is 1. The van der Waals surface area contributed by atoms with E-state index in [0.717, 1.165) is 31.1 Å². The van der Waals surface area contributed by atoms with Crippen molar-refractivity contribution in [2.75, 3.05) is 6.61 Å². The van der Waals surface area contributed by atoms with Gasteiger partial charge in [-0.05, 0) is 30.9 Å². The summed E-state index contributed by atoms with van der Waals surface area (Å²) in [5, 5.41) is 0. The minimum Gasteiger partial charge on any atom is -0.467 e. The summed E-state index contributed by atoms with van der Waals surface area (Å²) in [6, 6.07) is 3.84. The third-order valence-electron chi connectivity index (χ3n) is 3.20. The van der Waals surface area contributed by atoms with Crippen LogP contribution < -0.4 is 5.73 Å². The highest BCUT2D eigenvalue weighted by atomic mass is 16.5. The van der Waals surface area contributed by atoms with Crippen LogP contribution in [0.1, 0.15) is 44.5 Å². The number of ether oxygens (including phenoxy) is 1. The SMILES string of the molecule is CCC(N)C(OCCC1CC1)c1ccco1. The largest absolute Gasteiger partial charge is 0.467 e. The molecule has 2 atom stereocenters. The van der Waals surface area contributed by atoms with Crippen molar-refractivity contribution < 1.29 is 9.15 Å². The average Bonchev–Trinajstić information content (AvgIpc) is 2.97. The molecule has 1 aliphatic rings. The Morgan fingerprint density at radius 1 is 1.56 bits per heavy atom. The lowest BCUT2D eigenvalue weighted by Crippen LogP contribution is -2.29. The minimum absolute atomic E-state index is 0.0188. The lowest BCUT2D eigenvalue weighted by molar-refractivity contribution is 0.0160. The molecule has 1 fully saturated rings. The molecule has 1 aromatic heterocycles. The van der Waals surface area contributed by atoms with Gasteiger partial charge in [0.05, 0.1) is 6.26 Å². The van der Waals surface area contributed by atoms with Crippen molar-refractivity contribution >= 4 is 0 Å². The topological polar surface area (TPSA) is 48.4 Å². The van der Waals surface area contributed by atoms with Crippen molar-refractivity contribution in [3.63, 3.8) is 0 Å². The Bertz CT molecular complexity index is 293. The molecular formula is C13H21NO2. The van der Waals surface area contributed by atoms with Crippen LogP contribution in [-0.4, -0.2) is 12.6 Å². The predicted octanol–water partition coefficient (Wildman–Crippen LogP) is 2.87. The number of rotatable bonds is 7. The second-order valence-corrected chi connectivity index (χ2v) is 4.61. The third kappa shape index (κ3) is 3.09. The summed E-state index contributed by atoms with van der Waals surface area (Å²) < 4.78 is 11.3. The maximum atomic E-state index is 6.06. The van der Waals surface area contributed by atoms with E-state index in [1.54, 1.807) is 6.26 Å². The molecule has 0 radical (unpaired) electrons. The first-order valence-corrected chi connectivity index (χ1v) is 6.21. The first kappa shape index (κ1) is 11.7. The fourth-order valence-electron chi connectivity index (χ4n) is 1.85. The molecule has 1 aliphatic carbocycles. The van der Waals surface area contributed by atoms with Crippen molar-refractivity contribution in [3.8, 4) is 0 Å². The Balaban J connectivity index is 1.86. The van der Waals surface area contributed by atoms with Gasteiger partial charge in [-0.3, -0.25) is 0 Å². The van der Waals surface area contributed by atoms with E-state index in [1.807, 2.05) is 12.1 Å². The van der Waals surface area contributed by atoms with E-state index in [-0.39, 0.29) is 12.1 Å². The van der Waals surface area contributed by atoms with Gasteiger partial charge in [-0.25, -0.2) is 0 Å². The molecule has 90 valence electrons. The van der Waals surface area contributed by atoms with E-state index < -0.39 is 0 Å². The molecule has 2 unspecified atom stereocenters. The molecule has 0 bridgehead atoms. The molecule has 2 rings (SSSR count). The van der Waals surface area contributed by atoms with Crippen LogP contribution in [0, 0.1) is 5.92 Å². The standard InChI is InChI=1S/C13H21NO2/c1-2-11(14)13(12-4-3-8-15-12)16-9-7-10-5-6-10/h3-4,8,10-11,13H,2,5-7,9,14H2,1H3. The van der Waals surface area contributed by atoms with Crippen LogP contribution in [0.15, 0.2) is 22.8 Å². The summed E-state index contributed by atoms with van der Waals surface area (Å²) in [7, 11) is 0. The van der Waals surface area contributed by atoms with Crippen molar-refractivity contribution in [2.24, 2.45) is 11.7 Å². The van der Waals surface area contributed by atoms with Gasteiger partial charge in [-0.1, -0.05) is 19.8 Å². The lowest BCUT2D eigenvalue weighted by atomic mass is 10.1. The highest BCUT2D eigenvalue weighted by Crippen LogP contribution is 2.33. The van der Waals surface area contributed by atoms with Gasteiger partial charge in [-0.2, -0.15) is 0 Å². The molecule has 3 heteroatoms. The summed E-state index contributed by atoms with van der Waals surface area (Å²) in [6.45, 7) is 2.87. The van der Waals surface area contributed by atoms with Crippen LogP contribution in [0.3, 0.4) is 0 Å². The molecule has 1 heterocycles. The van der Waals surface area contributed by atoms with Gasteiger partial charge < -0.3 is 14.9 Å². The van der Waals surface area contributed by atoms with Crippen LogP contribution in [0.4, 0.5) is 0 Å². The monoisotopic (exact) mass is 223 g/mol. The van der Waals surface area contributed by atoms with Gasteiger partial charge in [0.2, 0.25) is 0 Å². The van der Waals surface area contributed by atoms with Crippen LogP contribution in [-0.2, 0) is 4.74 Å². The Kier molecular flexibility index (Phi) is 4.02. The van der Waals surface area contributed by atoms with E-state index in [0.29, 0.717) is 0 Å². The Morgan fingerprint density at radius 2 is 2.38 bits per heavy atom. The third-order valence-corrected chi connectivity index (χ3v) is 3.20. The highest BCUT2D eigenvalue weighted by molar-refractivity contribution is 5.04. The Hall–Kier alpha value is -0.800. The van der Waals surface area contributed by atoms with E-state index in [1.165, 1.54) is 12.8 Å². The molecule has 0 aromatic carbocycles. The molecule has 2 N–H and O–H groups in total. The van der Waals surface area contributed by atoms with Crippen molar-refractivity contribution in [1.82, 2.24) is 0 Å². The summed E-state index contributed by atoms with van der Waals surface area (Å²) in [5.41, 5.74) is 6.06. The van der Waals surface area contributed by atoms with Crippen LogP contribution >= 0.6 is 0 Å².